The van der Waals surface area contributed by atoms with Crippen molar-refractivity contribution < 1.29 is 14.7 Å². The molecule has 0 heterocycles. The van der Waals surface area contributed by atoms with Crippen LogP contribution in [-0.4, -0.2) is 47.0 Å². The Kier molecular flexibility index (Phi) is 6.40. The fourth-order valence-electron chi connectivity index (χ4n) is 0.786. The topological polar surface area (TPSA) is 57.6 Å². The summed E-state index contributed by atoms with van der Waals surface area (Å²) in [6.07, 6.45) is 0.419. The zero-order valence-corrected chi connectivity index (χ0v) is 8.76. The van der Waals surface area contributed by atoms with Crippen molar-refractivity contribution in [1.29, 1.82) is 0 Å². The van der Waals surface area contributed by atoms with Gasteiger partial charge in [0, 0.05) is 19.2 Å². The average Bonchev–Trinajstić information content (AvgIpc) is 2.03. The third kappa shape index (κ3) is 6.45. The largest absolute Gasteiger partial charge is 0.480 e. The molecule has 4 nitrogen and oxygen atoms in total. The lowest BCUT2D eigenvalue weighted by atomic mass is 10.4. The number of aliphatic carboxylic acids is 1. The van der Waals surface area contributed by atoms with E-state index in [0.717, 1.165) is 11.5 Å². The summed E-state index contributed by atoms with van der Waals surface area (Å²) in [5.41, 5.74) is 0. The van der Waals surface area contributed by atoms with E-state index in [-0.39, 0.29) is 12.5 Å². The normalized spacial score (nSPS) is 9.69. The van der Waals surface area contributed by atoms with E-state index in [1.807, 2.05) is 6.92 Å². The van der Waals surface area contributed by atoms with Gasteiger partial charge in [-0.25, -0.2) is 0 Å². The second-order valence-corrected chi connectivity index (χ2v) is 3.98. The number of nitrogens with zero attached hydrogens (tertiary/aromatic N) is 1. The molecule has 0 aliphatic heterocycles. The van der Waals surface area contributed by atoms with Crippen LogP contribution >= 0.6 is 11.8 Å². The van der Waals surface area contributed by atoms with Crippen molar-refractivity contribution >= 4 is 23.6 Å². The molecule has 0 atom stereocenters. The number of carbonyl (C=O) groups excluding carboxylic acids is 1. The Hall–Kier alpha value is -0.710. The van der Waals surface area contributed by atoms with E-state index < -0.39 is 5.97 Å². The summed E-state index contributed by atoms with van der Waals surface area (Å²) in [6, 6.07) is 0. The maximum atomic E-state index is 11.2. The SMILES string of the molecule is CCSCCC(=O)N(C)CC(=O)O. The van der Waals surface area contributed by atoms with Gasteiger partial charge in [-0.05, 0) is 5.75 Å². The van der Waals surface area contributed by atoms with Crippen molar-refractivity contribution in [2.24, 2.45) is 0 Å². The molecule has 13 heavy (non-hydrogen) atoms. The molecule has 0 rings (SSSR count). The highest BCUT2D eigenvalue weighted by molar-refractivity contribution is 7.99. The molecule has 76 valence electrons. The maximum absolute atomic E-state index is 11.2. The minimum Gasteiger partial charge on any atom is -0.480 e. The van der Waals surface area contributed by atoms with Crippen LogP contribution in [0.25, 0.3) is 0 Å². The maximum Gasteiger partial charge on any atom is 0.323 e. The van der Waals surface area contributed by atoms with Crippen LogP contribution in [0, 0.1) is 0 Å². The highest BCUT2D eigenvalue weighted by Crippen LogP contribution is 2.02. The van der Waals surface area contributed by atoms with Crippen molar-refractivity contribution in [3.63, 3.8) is 0 Å². The number of likely N-dealkylation sites (N-methyl/N-ethyl adjacent to an activating group) is 1. The van der Waals surface area contributed by atoms with E-state index in [1.54, 1.807) is 11.8 Å². The fourth-order valence-corrected chi connectivity index (χ4v) is 1.39. The monoisotopic (exact) mass is 205 g/mol. The van der Waals surface area contributed by atoms with E-state index in [2.05, 4.69) is 0 Å². The van der Waals surface area contributed by atoms with E-state index in [0.29, 0.717) is 6.42 Å². The predicted molar refractivity (Wildman–Crippen MR) is 52.9 cm³/mol. The third-order valence-electron chi connectivity index (χ3n) is 1.46. The molecule has 0 saturated carbocycles. The highest BCUT2D eigenvalue weighted by atomic mass is 32.2. The van der Waals surface area contributed by atoms with Crippen molar-refractivity contribution in [2.45, 2.75) is 13.3 Å². The van der Waals surface area contributed by atoms with Gasteiger partial charge in [0.15, 0.2) is 0 Å². The molecule has 1 amide bonds. The second kappa shape index (κ2) is 6.77. The predicted octanol–water partition coefficient (Wildman–Crippen LogP) is 0.673. The second-order valence-electron chi connectivity index (χ2n) is 2.59. The average molecular weight is 205 g/mol. The molecule has 0 aliphatic rings. The van der Waals surface area contributed by atoms with Gasteiger partial charge in [-0.15, -0.1) is 0 Å². The standard InChI is InChI=1S/C8H15NO3S/c1-3-13-5-4-7(10)9(2)6-8(11)12/h3-6H2,1-2H3,(H,11,12). The minimum absolute atomic E-state index is 0.108. The summed E-state index contributed by atoms with van der Waals surface area (Å²) in [5.74, 6) is 0.664. The Morgan fingerprint density at radius 2 is 2.08 bits per heavy atom. The van der Waals surface area contributed by atoms with E-state index in [4.69, 9.17) is 5.11 Å². The summed E-state index contributed by atoms with van der Waals surface area (Å²) in [7, 11) is 1.51. The van der Waals surface area contributed by atoms with Crippen molar-refractivity contribution in [3.05, 3.63) is 0 Å². The molecule has 0 radical (unpaired) electrons. The van der Waals surface area contributed by atoms with Gasteiger partial charge in [0.2, 0.25) is 5.91 Å². The number of carbonyl (C=O) groups is 2. The molecule has 0 saturated heterocycles. The summed E-state index contributed by atoms with van der Waals surface area (Å²) in [4.78, 5) is 22.7. The van der Waals surface area contributed by atoms with Gasteiger partial charge in [-0.2, -0.15) is 11.8 Å². The lowest BCUT2D eigenvalue weighted by Gasteiger charge is -2.13. The molecule has 0 aromatic carbocycles. The minimum atomic E-state index is -0.973. The number of carboxylic acid groups (broad SMARTS) is 1. The first-order chi connectivity index (χ1) is 6.07. The van der Waals surface area contributed by atoms with Gasteiger partial charge in [0.25, 0.3) is 0 Å². The van der Waals surface area contributed by atoms with Crippen LogP contribution in [0.3, 0.4) is 0 Å². The van der Waals surface area contributed by atoms with Crippen LogP contribution in [-0.2, 0) is 9.59 Å². The molecule has 0 fully saturated rings. The summed E-state index contributed by atoms with van der Waals surface area (Å²) in [5, 5.41) is 8.41. The van der Waals surface area contributed by atoms with Crippen LogP contribution in [0.4, 0.5) is 0 Å². The number of rotatable bonds is 6. The van der Waals surface area contributed by atoms with Crippen molar-refractivity contribution in [3.8, 4) is 0 Å². The smallest absolute Gasteiger partial charge is 0.323 e. The number of hydrogen-bond acceptors (Lipinski definition) is 3. The van der Waals surface area contributed by atoms with Crippen LogP contribution in [0.5, 0.6) is 0 Å². The quantitative estimate of drug-likeness (QED) is 0.648. The van der Waals surface area contributed by atoms with E-state index >= 15 is 0 Å². The number of carboxylic acids is 1. The van der Waals surface area contributed by atoms with Crippen LogP contribution < -0.4 is 0 Å². The molecule has 0 bridgehead atoms. The Bertz CT molecular complexity index is 184. The van der Waals surface area contributed by atoms with Gasteiger partial charge in [0.05, 0.1) is 0 Å². The van der Waals surface area contributed by atoms with Gasteiger partial charge in [0.1, 0.15) is 6.54 Å². The fraction of sp³-hybridized carbons (Fsp3) is 0.750. The highest BCUT2D eigenvalue weighted by Gasteiger charge is 2.10. The summed E-state index contributed by atoms with van der Waals surface area (Å²) in [6.45, 7) is 1.81. The molecule has 0 spiro atoms. The lowest BCUT2D eigenvalue weighted by Crippen LogP contribution is -2.32. The Morgan fingerprint density at radius 3 is 2.54 bits per heavy atom. The number of hydrogen-bond donors (Lipinski definition) is 1. The molecular weight excluding hydrogens is 190 g/mol. The molecule has 1 N–H and O–H groups in total. The Balaban J connectivity index is 3.63. The van der Waals surface area contributed by atoms with Crippen molar-refractivity contribution in [2.75, 3.05) is 25.1 Å². The van der Waals surface area contributed by atoms with Crippen LogP contribution in [0.2, 0.25) is 0 Å². The molecule has 5 heteroatoms. The molecule has 0 aromatic heterocycles. The van der Waals surface area contributed by atoms with Crippen LogP contribution in [0.15, 0.2) is 0 Å². The first kappa shape index (κ1) is 12.3. The molecule has 0 unspecified atom stereocenters. The Morgan fingerprint density at radius 1 is 1.46 bits per heavy atom. The third-order valence-corrected chi connectivity index (χ3v) is 2.36. The summed E-state index contributed by atoms with van der Waals surface area (Å²) < 4.78 is 0. The zero-order valence-electron chi connectivity index (χ0n) is 7.95. The van der Waals surface area contributed by atoms with Gasteiger partial charge in [-0.3, -0.25) is 9.59 Å². The lowest BCUT2D eigenvalue weighted by molar-refractivity contribution is -0.143. The zero-order chi connectivity index (χ0) is 10.3. The van der Waals surface area contributed by atoms with E-state index in [9.17, 15) is 9.59 Å². The number of thioether (sulfide) groups is 1. The van der Waals surface area contributed by atoms with E-state index in [1.165, 1.54) is 11.9 Å². The van der Waals surface area contributed by atoms with Gasteiger partial charge in [-0.1, -0.05) is 6.92 Å². The summed E-state index contributed by atoms with van der Waals surface area (Å²) >= 11 is 1.68. The van der Waals surface area contributed by atoms with Crippen molar-refractivity contribution in [1.82, 2.24) is 4.90 Å². The van der Waals surface area contributed by atoms with Gasteiger partial charge < -0.3 is 10.0 Å². The molecule has 0 aromatic rings. The Labute approximate surface area is 82.3 Å². The molecule has 0 aliphatic carbocycles. The first-order valence-corrected chi connectivity index (χ1v) is 5.27. The molecular formula is C8H15NO3S. The van der Waals surface area contributed by atoms with Gasteiger partial charge >= 0.3 is 5.97 Å². The first-order valence-electron chi connectivity index (χ1n) is 4.11. The van der Waals surface area contributed by atoms with Crippen LogP contribution in [0.1, 0.15) is 13.3 Å². The number of amides is 1.